The zero-order chi connectivity index (χ0) is 21.6. The second-order valence-corrected chi connectivity index (χ2v) is 10.6. The minimum atomic E-state index is 0.123. The summed E-state index contributed by atoms with van der Waals surface area (Å²) in [6.07, 6.45) is 15.3. The maximum Gasteiger partial charge on any atom is 0.248 e. The molecule has 0 saturated heterocycles. The smallest absolute Gasteiger partial charge is 0.248 e. The second kappa shape index (κ2) is 15.0. The first-order valence-corrected chi connectivity index (χ1v) is 14.2. The summed E-state index contributed by atoms with van der Waals surface area (Å²) in [5, 5.41) is 6.22. The molecule has 0 atom stereocenters. The third-order valence-corrected chi connectivity index (χ3v) is 8.60. The number of unbranched alkanes of at least 4 members (excludes halogenated alkanes) is 6. The number of hydrogen-bond donors (Lipinski definition) is 2. The summed E-state index contributed by atoms with van der Waals surface area (Å²) in [4.78, 5) is 27.6. The number of carbonyl (C=O) groups is 2. The monoisotopic (exact) mass is 452 g/mol. The molecule has 0 radical (unpaired) electrons. The number of nitrogens with one attached hydrogen (secondary N) is 2. The molecule has 6 heteroatoms. The van der Waals surface area contributed by atoms with Crippen molar-refractivity contribution in [3.05, 3.63) is 21.0 Å². The van der Waals surface area contributed by atoms with Gasteiger partial charge in [-0.2, -0.15) is 0 Å². The molecule has 0 unspecified atom stereocenters. The van der Waals surface area contributed by atoms with E-state index in [0.29, 0.717) is 0 Å². The molecule has 0 aromatic heterocycles. The van der Waals surface area contributed by atoms with E-state index < -0.39 is 0 Å². The molecule has 2 N–H and O–H groups in total. The van der Waals surface area contributed by atoms with Gasteiger partial charge in [0, 0.05) is 34.0 Å². The van der Waals surface area contributed by atoms with Gasteiger partial charge in [-0.3, -0.25) is 9.59 Å². The predicted molar refractivity (Wildman–Crippen MR) is 131 cm³/mol. The van der Waals surface area contributed by atoms with Crippen LogP contribution in [-0.2, 0) is 9.59 Å². The van der Waals surface area contributed by atoms with Crippen molar-refractivity contribution < 1.29 is 9.59 Å². The van der Waals surface area contributed by atoms with E-state index in [9.17, 15) is 9.59 Å². The number of amides is 2. The highest BCUT2D eigenvalue weighted by Gasteiger charge is 2.25. The summed E-state index contributed by atoms with van der Waals surface area (Å²) >= 11 is 0. The molecule has 0 aliphatic heterocycles. The lowest BCUT2D eigenvalue weighted by atomic mass is 10.2. The maximum absolute atomic E-state index is 12.6. The van der Waals surface area contributed by atoms with Gasteiger partial charge in [0.25, 0.3) is 0 Å². The molecule has 0 heterocycles. The van der Waals surface area contributed by atoms with Crippen LogP contribution in [-0.4, -0.2) is 24.9 Å². The highest BCUT2D eigenvalue weighted by atomic mass is 33.1. The third kappa shape index (κ3) is 8.70. The van der Waals surface area contributed by atoms with E-state index in [1.165, 1.54) is 48.3 Å². The van der Waals surface area contributed by atoms with Gasteiger partial charge in [0.1, 0.15) is 0 Å². The topological polar surface area (TPSA) is 58.2 Å². The third-order valence-electron chi connectivity index (χ3n) is 5.76. The summed E-state index contributed by atoms with van der Waals surface area (Å²) in [5.41, 5.74) is 1.95. The molecule has 0 aromatic carbocycles. The minimum Gasteiger partial charge on any atom is -0.352 e. The molecule has 2 rings (SSSR count). The van der Waals surface area contributed by atoms with Crippen molar-refractivity contribution in [3.8, 4) is 0 Å². The lowest BCUT2D eigenvalue weighted by Gasteiger charge is -2.10. The van der Waals surface area contributed by atoms with Gasteiger partial charge in [0.2, 0.25) is 11.8 Å². The van der Waals surface area contributed by atoms with Crippen LogP contribution in [0.25, 0.3) is 0 Å². The van der Waals surface area contributed by atoms with Crippen LogP contribution >= 0.6 is 21.6 Å². The largest absolute Gasteiger partial charge is 0.352 e. The number of rotatable bonds is 15. The molecule has 170 valence electrons. The molecule has 0 spiro atoms. The van der Waals surface area contributed by atoms with Gasteiger partial charge in [0.05, 0.1) is 0 Å². The van der Waals surface area contributed by atoms with Gasteiger partial charge < -0.3 is 10.6 Å². The summed E-state index contributed by atoms with van der Waals surface area (Å²) < 4.78 is 0. The van der Waals surface area contributed by atoms with Crippen LogP contribution in [0.2, 0.25) is 0 Å². The highest BCUT2D eigenvalue weighted by Crippen LogP contribution is 2.48. The van der Waals surface area contributed by atoms with Gasteiger partial charge in [-0.15, -0.1) is 0 Å². The number of carbonyl (C=O) groups excluding carboxylic acids is 2. The van der Waals surface area contributed by atoms with Gasteiger partial charge in [0.15, 0.2) is 0 Å². The van der Waals surface area contributed by atoms with Crippen molar-refractivity contribution in [1.82, 2.24) is 10.6 Å². The zero-order valence-electron chi connectivity index (χ0n) is 18.9. The second-order valence-electron chi connectivity index (χ2n) is 8.31. The Kier molecular flexibility index (Phi) is 12.7. The van der Waals surface area contributed by atoms with Crippen LogP contribution in [0.5, 0.6) is 0 Å². The first-order valence-electron chi connectivity index (χ1n) is 12.0. The van der Waals surface area contributed by atoms with E-state index >= 15 is 0 Å². The Bertz CT molecular complexity index is 575. The molecule has 2 amide bonds. The fourth-order valence-corrected chi connectivity index (χ4v) is 6.87. The van der Waals surface area contributed by atoms with Crippen LogP contribution < -0.4 is 10.6 Å². The number of hydrogen-bond acceptors (Lipinski definition) is 4. The Morgan fingerprint density at radius 2 is 1.10 bits per heavy atom. The normalized spacial score (nSPS) is 16.5. The fraction of sp³-hybridized carbons (Fsp3) is 0.750. The van der Waals surface area contributed by atoms with Crippen LogP contribution in [0, 0.1) is 0 Å². The van der Waals surface area contributed by atoms with E-state index in [2.05, 4.69) is 24.5 Å². The standard InChI is InChI=1S/C24H40N2O2S2/c1-3-5-7-9-17-25-23(27)19-13-11-15-21(19)29-30-22-16-12-14-20(22)24(28)26-18-10-8-6-4-2/h3-18H2,1-2H3,(H,25,27)(H,26,28). The predicted octanol–water partition coefficient (Wildman–Crippen LogP) is 6.64. The average Bonchev–Trinajstić information content (AvgIpc) is 3.41. The molecule has 0 aromatic rings. The number of allylic oxidation sites excluding steroid dienone is 2. The van der Waals surface area contributed by atoms with E-state index in [1.54, 1.807) is 21.6 Å². The summed E-state index contributed by atoms with van der Waals surface area (Å²) in [6, 6.07) is 0. The average molecular weight is 453 g/mol. The summed E-state index contributed by atoms with van der Waals surface area (Å²) in [7, 11) is 3.44. The van der Waals surface area contributed by atoms with Crippen molar-refractivity contribution in [3.63, 3.8) is 0 Å². The molecule has 0 saturated carbocycles. The highest BCUT2D eigenvalue weighted by molar-refractivity contribution is 8.79. The van der Waals surface area contributed by atoms with Crippen molar-refractivity contribution >= 4 is 33.4 Å². The van der Waals surface area contributed by atoms with Gasteiger partial charge >= 0.3 is 0 Å². The van der Waals surface area contributed by atoms with Crippen molar-refractivity contribution in [2.45, 2.75) is 104 Å². The Labute approximate surface area is 191 Å². The van der Waals surface area contributed by atoms with Crippen molar-refractivity contribution in [2.24, 2.45) is 0 Å². The lowest BCUT2D eigenvalue weighted by Crippen LogP contribution is -2.26. The maximum atomic E-state index is 12.6. The van der Waals surface area contributed by atoms with E-state index in [-0.39, 0.29) is 11.8 Å². The Balaban J connectivity index is 1.82. The first-order chi connectivity index (χ1) is 14.7. The molecule has 4 nitrogen and oxygen atoms in total. The quantitative estimate of drug-likeness (QED) is 0.216. The van der Waals surface area contributed by atoms with Crippen LogP contribution in [0.1, 0.15) is 104 Å². The molecule has 0 bridgehead atoms. The lowest BCUT2D eigenvalue weighted by molar-refractivity contribution is -0.118. The van der Waals surface area contributed by atoms with Gasteiger partial charge in [-0.1, -0.05) is 74.0 Å². The van der Waals surface area contributed by atoms with Crippen molar-refractivity contribution in [1.29, 1.82) is 0 Å². The zero-order valence-corrected chi connectivity index (χ0v) is 20.6. The molecule has 2 aliphatic rings. The van der Waals surface area contributed by atoms with E-state index in [0.717, 1.165) is 75.6 Å². The Hall–Kier alpha value is -0.880. The summed E-state index contributed by atoms with van der Waals surface area (Å²) in [6.45, 7) is 5.96. The van der Waals surface area contributed by atoms with Gasteiger partial charge in [-0.25, -0.2) is 0 Å². The molecular formula is C24H40N2O2S2. The van der Waals surface area contributed by atoms with Crippen molar-refractivity contribution in [2.75, 3.05) is 13.1 Å². The molecular weight excluding hydrogens is 412 g/mol. The van der Waals surface area contributed by atoms with Crippen LogP contribution in [0.15, 0.2) is 21.0 Å². The first kappa shape index (κ1) is 25.4. The summed E-state index contributed by atoms with van der Waals surface area (Å²) in [5.74, 6) is 0.245. The Morgan fingerprint density at radius 1 is 0.667 bits per heavy atom. The van der Waals surface area contributed by atoms with Crippen LogP contribution in [0.3, 0.4) is 0 Å². The van der Waals surface area contributed by atoms with Crippen LogP contribution in [0.4, 0.5) is 0 Å². The molecule has 30 heavy (non-hydrogen) atoms. The fourth-order valence-electron chi connectivity index (χ4n) is 3.92. The molecule has 2 aliphatic carbocycles. The minimum absolute atomic E-state index is 0.123. The SMILES string of the molecule is CCCCCCNC(=O)C1=C(SSC2=C(C(=O)NCCCCCC)CCC2)CCC1. The van der Waals surface area contributed by atoms with E-state index in [4.69, 9.17) is 0 Å². The molecule has 0 fully saturated rings. The Morgan fingerprint density at radius 3 is 1.50 bits per heavy atom. The van der Waals surface area contributed by atoms with E-state index in [1.807, 2.05) is 0 Å². The van der Waals surface area contributed by atoms with Gasteiger partial charge in [-0.05, 0) is 51.4 Å².